The first-order valence-corrected chi connectivity index (χ1v) is 7.81. The van der Waals surface area contributed by atoms with E-state index in [0.717, 1.165) is 11.1 Å². The minimum absolute atomic E-state index is 0.0112. The Bertz CT molecular complexity index is 636. The molecule has 0 spiro atoms. The van der Waals surface area contributed by atoms with E-state index in [2.05, 4.69) is 18.2 Å². The molecule has 1 fully saturated rings. The standard InChI is InChI=1S/C18H20O5/c1-18(15-7-6-13-4-2-3-5-14(13)15)12-22-17(20)9-8-16(19)21-10-11-23-18/h2-7,15H,8-12H2,1H3. The van der Waals surface area contributed by atoms with Crippen LogP contribution in [0.4, 0.5) is 0 Å². The number of carbonyl (C=O) groups is 2. The number of fused-ring (bicyclic) bond motifs is 1. The van der Waals surface area contributed by atoms with Crippen molar-refractivity contribution in [3.8, 4) is 0 Å². The Labute approximate surface area is 135 Å². The summed E-state index contributed by atoms with van der Waals surface area (Å²) in [6.45, 7) is 2.52. The van der Waals surface area contributed by atoms with Gasteiger partial charge in [0.1, 0.15) is 18.8 Å². The number of rotatable bonds is 1. The smallest absolute Gasteiger partial charge is 0.306 e. The molecular formula is C18H20O5. The van der Waals surface area contributed by atoms with Crippen molar-refractivity contribution in [1.29, 1.82) is 0 Å². The van der Waals surface area contributed by atoms with Crippen LogP contribution in [0.25, 0.3) is 6.08 Å². The highest BCUT2D eigenvalue weighted by Crippen LogP contribution is 2.40. The van der Waals surface area contributed by atoms with Gasteiger partial charge in [-0.15, -0.1) is 0 Å². The van der Waals surface area contributed by atoms with Crippen LogP contribution in [0, 0.1) is 0 Å². The average molecular weight is 316 g/mol. The topological polar surface area (TPSA) is 61.8 Å². The maximum atomic E-state index is 11.8. The molecule has 0 bridgehead atoms. The number of esters is 2. The van der Waals surface area contributed by atoms with Crippen LogP contribution in [0.5, 0.6) is 0 Å². The highest BCUT2D eigenvalue weighted by atomic mass is 16.6. The largest absolute Gasteiger partial charge is 0.463 e. The summed E-state index contributed by atoms with van der Waals surface area (Å²) in [6, 6.07) is 8.09. The van der Waals surface area contributed by atoms with Crippen molar-refractivity contribution in [1.82, 2.24) is 0 Å². The van der Waals surface area contributed by atoms with E-state index in [1.807, 2.05) is 25.1 Å². The summed E-state index contributed by atoms with van der Waals surface area (Å²) in [5.74, 6) is -0.822. The third-order valence-electron chi connectivity index (χ3n) is 4.29. The first-order valence-electron chi connectivity index (χ1n) is 7.81. The van der Waals surface area contributed by atoms with Gasteiger partial charge in [-0.2, -0.15) is 0 Å². The lowest BCUT2D eigenvalue weighted by atomic mass is 9.85. The van der Waals surface area contributed by atoms with Crippen LogP contribution in [0.2, 0.25) is 0 Å². The molecule has 0 N–H and O–H groups in total. The highest BCUT2D eigenvalue weighted by Gasteiger charge is 2.39. The number of ether oxygens (including phenoxy) is 3. The van der Waals surface area contributed by atoms with Gasteiger partial charge >= 0.3 is 11.9 Å². The fraction of sp³-hybridized carbons (Fsp3) is 0.444. The fourth-order valence-corrected chi connectivity index (χ4v) is 3.01. The SMILES string of the molecule is CC1(C2C=Cc3ccccc32)COC(=O)CCC(=O)OCCO1. The number of hydrogen-bond donors (Lipinski definition) is 0. The first-order chi connectivity index (χ1) is 11.1. The lowest BCUT2D eigenvalue weighted by Gasteiger charge is -2.34. The molecule has 3 rings (SSSR count). The maximum absolute atomic E-state index is 11.8. The summed E-state index contributed by atoms with van der Waals surface area (Å²) >= 11 is 0. The van der Waals surface area contributed by atoms with Crippen molar-refractivity contribution >= 4 is 18.0 Å². The molecule has 2 atom stereocenters. The van der Waals surface area contributed by atoms with Crippen LogP contribution in [0.3, 0.4) is 0 Å². The zero-order valence-electron chi connectivity index (χ0n) is 13.1. The van der Waals surface area contributed by atoms with Crippen LogP contribution in [-0.2, 0) is 23.8 Å². The van der Waals surface area contributed by atoms with E-state index < -0.39 is 17.5 Å². The van der Waals surface area contributed by atoms with Gasteiger partial charge in [0.2, 0.25) is 0 Å². The Hall–Kier alpha value is -2.14. The summed E-state index contributed by atoms with van der Waals surface area (Å²) in [5.41, 5.74) is 1.60. The molecule has 5 nitrogen and oxygen atoms in total. The van der Waals surface area contributed by atoms with E-state index in [1.165, 1.54) is 0 Å². The van der Waals surface area contributed by atoms with Crippen molar-refractivity contribution in [3.63, 3.8) is 0 Å². The molecule has 0 radical (unpaired) electrons. The van der Waals surface area contributed by atoms with Crippen LogP contribution in [0.15, 0.2) is 30.3 Å². The molecule has 122 valence electrons. The Morgan fingerprint density at radius 1 is 1.04 bits per heavy atom. The van der Waals surface area contributed by atoms with Gasteiger partial charge in [0, 0.05) is 5.92 Å². The molecule has 1 aromatic rings. The number of carbonyl (C=O) groups excluding carboxylic acids is 2. The summed E-state index contributed by atoms with van der Waals surface area (Å²) in [6.07, 6.45) is 4.21. The second kappa shape index (κ2) is 6.54. The summed E-state index contributed by atoms with van der Waals surface area (Å²) in [7, 11) is 0. The second-order valence-corrected chi connectivity index (χ2v) is 6.01. The van der Waals surface area contributed by atoms with Crippen LogP contribution >= 0.6 is 0 Å². The van der Waals surface area contributed by atoms with Gasteiger partial charge in [-0.3, -0.25) is 9.59 Å². The molecule has 1 aromatic carbocycles. The molecule has 2 unspecified atom stereocenters. The van der Waals surface area contributed by atoms with Gasteiger partial charge in [0.25, 0.3) is 0 Å². The van der Waals surface area contributed by atoms with E-state index in [4.69, 9.17) is 14.2 Å². The normalized spacial score (nSPS) is 28.5. The minimum atomic E-state index is -0.699. The summed E-state index contributed by atoms with van der Waals surface area (Å²) in [4.78, 5) is 23.2. The molecule has 2 aliphatic rings. The van der Waals surface area contributed by atoms with Gasteiger partial charge in [0.05, 0.1) is 19.4 Å². The minimum Gasteiger partial charge on any atom is -0.463 e. The predicted molar refractivity (Wildman–Crippen MR) is 83.7 cm³/mol. The third-order valence-corrected chi connectivity index (χ3v) is 4.29. The van der Waals surface area contributed by atoms with Gasteiger partial charge in [0.15, 0.2) is 0 Å². The molecule has 5 heteroatoms. The monoisotopic (exact) mass is 316 g/mol. The molecule has 1 saturated heterocycles. The number of hydrogen-bond acceptors (Lipinski definition) is 5. The molecule has 0 amide bonds. The lowest BCUT2D eigenvalue weighted by Crippen LogP contribution is -2.41. The highest BCUT2D eigenvalue weighted by molar-refractivity contribution is 5.77. The van der Waals surface area contributed by atoms with Crippen LogP contribution in [-0.4, -0.2) is 37.4 Å². The average Bonchev–Trinajstić information content (AvgIpc) is 2.98. The maximum Gasteiger partial charge on any atom is 0.306 e. The van der Waals surface area contributed by atoms with Crippen molar-refractivity contribution < 1.29 is 23.8 Å². The van der Waals surface area contributed by atoms with E-state index in [9.17, 15) is 9.59 Å². The van der Waals surface area contributed by atoms with Crippen molar-refractivity contribution in [3.05, 3.63) is 41.5 Å². The van der Waals surface area contributed by atoms with E-state index >= 15 is 0 Å². The van der Waals surface area contributed by atoms with Crippen molar-refractivity contribution in [2.45, 2.75) is 31.3 Å². The van der Waals surface area contributed by atoms with E-state index in [-0.39, 0.29) is 38.6 Å². The third kappa shape index (κ3) is 3.45. The molecule has 1 aliphatic carbocycles. The molecule has 1 aliphatic heterocycles. The summed E-state index contributed by atoms with van der Waals surface area (Å²) < 4.78 is 16.4. The van der Waals surface area contributed by atoms with Crippen LogP contribution < -0.4 is 0 Å². The lowest BCUT2D eigenvalue weighted by molar-refractivity contribution is -0.155. The van der Waals surface area contributed by atoms with Gasteiger partial charge in [-0.25, -0.2) is 0 Å². The quantitative estimate of drug-likeness (QED) is 0.745. The fourth-order valence-electron chi connectivity index (χ4n) is 3.01. The van der Waals surface area contributed by atoms with Gasteiger partial charge in [-0.1, -0.05) is 36.4 Å². The Kier molecular flexibility index (Phi) is 4.48. The van der Waals surface area contributed by atoms with Gasteiger partial charge < -0.3 is 14.2 Å². The molecular weight excluding hydrogens is 296 g/mol. The first kappa shape index (κ1) is 15.7. The Morgan fingerprint density at radius 2 is 1.78 bits per heavy atom. The van der Waals surface area contributed by atoms with E-state index in [1.54, 1.807) is 0 Å². The number of cyclic esters (lactones) is 2. The van der Waals surface area contributed by atoms with E-state index in [0.29, 0.717) is 0 Å². The number of benzene rings is 1. The zero-order chi connectivity index (χ0) is 16.3. The molecule has 1 heterocycles. The second-order valence-electron chi connectivity index (χ2n) is 6.01. The molecule has 23 heavy (non-hydrogen) atoms. The Morgan fingerprint density at radius 3 is 2.61 bits per heavy atom. The molecule has 0 saturated carbocycles. The van der Waals surface area contributed by atoms with Crippen molar-refractivity contribution in [2.75, 3.05) is 19.8 Å². The van der Waals surface area contributed by atoms with Crippen LogP contribution in [0.1, 0.15) is 36.8 Å². The zero-order valence-corrected chi connectivity index (χ0v) is 13.1. The summed E-state index contributed by atoms with van der Waals surface area (Å²) in [5, 5.41) is 0. The Balaban J connectivity index is 1.81. The molecule has 0 aromatic heterocycles. The van der Waals surface area contributed by atoms with Gasteiger partial charge in [-0.05, 0) is 18.1 Å². The predicted octanol–water partition coefficient (Wildman–Crippen LogP) is 2.45. The van der Waals surface area contributed by atoms with Crippen molar-refractivity contribution in [2.24, 2.45) is 0 Å².